The molecule has 5 nitrogen and oxygen atoms in total. The molecule has 0 unspecified atom stereocenters. The lowest BCUT2D eigenvalue weighted by molar-refractivity contribution is 0.0795. The number of rotatable bonds is 8. The Morgan fingerprint density at radius 2 is 2.00 bits per heavy atom. The normalized spacial score (nSPS) is 10.5. The van der Waals surface area contributed by atoms with E-state index < -0.39 is 0 Å². The smallest absolute Gasteiger partial charge is 0.237 e. The lowest BCUT2D eigenvalue weighted by Crippen LogP contribution is -2.09. The molecule has 1 rings (SSSR count). The van der Waals surface area contributed by atoms with Crippen molar-refractivity contribution in [2.24, 2.45) is 0 Å². The number of nitrogens with zero attached hydrogens (tertiary/aromatic N) is 2. The summed E-state index contributed by atoms with van der Waals surface area (Å²) >= 11 is 11.4. The van der Waals surface area contributed by atoms with E-state index in [1.165, 1.54) is 6.20 Å². The number of ether oxygens (including phenoxy) is 3. The van der Waals surface area contributed by atoms with Gasteiger partial charge in [0.05, 0.1) is 12.8 Å². The zero-order valence-electron chi connectivity index (χ0n) is 9.49. The van der Waals surface area contributed by atoms with Gasteiger partial charge in [-0.3, -0.25) is 0 Å². The van der Waals surface area contributed by atoms with E-state index in [1.807, 2.05) is 0 Å². The van der Waals surface area contributed by atoms with E-state index in [2.05, 4.69) is 9.97 Å². The maximum absolute atomic E-state index is 5.81. The van der Waals surface area contributed by atoms with Gasteiger partial charge in [-0.25, -0.2) is 4.98 Å². The summed E-state index contributed by atoms with van der Waals surface area (Å²) in [5.74, 6) is 0.271. The summed E-state index contributed by atoms with van der Waals surface area (Å²) in [5, 5.41) is 0.430. The Morgan fingerprint density at radius 1 is 1.18 bits per heavy atom. The van der Waals surface area contributed by atoms with Crippen LogP contribution in [-0.2, 0) is 9.47 Å². The average Bonchev–Trinajstić information content (AvgIpc) is 2.32. The van der Waals surface area contributed by atoms with Crippen molar-refractivity contribution in [3.05, 3.63) is 16.5 Å². The lowest BCUT2D eigenvalue weighted by atomic mass is 10.5. The monoisotopic (exact) mass is 280 g/mol. The van der Waals surface area contributed by atoms with Crippen LogP contribution < -0.4 is 4.74 Å². The Kier molecular flexibility index (Phi) is 7.19. The first-order valence-corrected chi connectivity index (χ1v) is 5.87. The van der Waals surface area contributed by atoms with Crippen LogP contribution in [0, 0.1) is 0 Å². The fraction of sp³-hybridized carbons (Fsp3) is 0.600. The predicted molar refractivity (Wildman–Crippen MR) is 64.9 cm³/mol. The zero-order valence-corrected chi connectivity index (χ0v) is 11.0. The number of hydrogen-bond acceptors (Lipinski definition) is 5. The third-order valence-electron chi connectivity index (χ3n) is 1.79. The first-order chi connectivity index (χ1) is 8.24. The number of hydrogen-bond donors (Lipinski definition) is 0. The SMILES string of the molecule is COCCCOCCOc1nc(Cl)ncc1Cl. The largest absolute Gasteiger partial charge is 0.474 e. The molecule has 7 heteroatoms. The second-order valence-corrected chi connectivity index (χ2v) is 3.84. The highest BCUT2D eigenvalue weighted by Crippen LogP contribution is 2.21. The van der Waals surface area contributed by atoms with E-state index in [-0.39, 0.29) is 11.2 Å². The Morgan fingerprint density at radius 3 is 2.76 bits per heavy atom. The van der Waals surface area contributed by atoms with Gasteiger partial charge in [-0.2, -0.15) is 4.98 Å². The molecule has 0 fully saturated rings. The topological polar surface area (TPSA) is 53.5 Å². The molecular formula is C10H14Cl2N2O3. The maximum Gasteiger partial charge on any atom is 0.237 e. The molecule has 0 atom stereocenters. The van der Waals surface area contributed by atoms with E-state index in [1.54, 1.807) is 7.11 Å². The highest BCUT2D eigenvalue weighted by Gasteiger charge is 2.04. The summed E-state index contributed by atoms with van der Waals surface area (Å²) in [4.78, 5) is 7.56. The van der Waals surface area contributed by atoms with Gasteiger partial charge in [0.2, 0.25) is 11.2 Å². The van der Waals surface area contributed by atoms with Crippen LogP contribution in [-0.4, -0.2) is 43.5 Å². The summed E-state index contributed by atoms with van der Waals surface area (Å²) in [6, 6.07) is 0. The van der Waals surface area contributed by atoms with Crippen molar-refractivity contribution in [1.82, 2.24) is 9.97 Å². The van der Waals surface area contributed by atoms with E-state index in [4.69, 9.17) is 37.4 Å². The van der Waals surface area contributed by atoms with Crippen LogP contribution in [0.4, 0.5) is 0 Å². The summed E-state index contributed by atoms with van der Waals surface area (Å²) < 4.78 is 15.5. The Balaban J connectivity index is 2.15. The highest BCUT2D eigenvalue weighted by molar-refractivity contribution is 6.32. The van der Waals surface area contributed by atoms with Crippen LogP contribution in [0.2, 0.25) is 10.3 Å². The molecule has 0 radical (unpaired) electrons. The van der Waals surface area contributed by atoms with Crippen molar-refractivity contribution >= 4 is 23.2 Å². The van der Waals surface area contributed by atoms with Gasteiger partial charge in [0.15, 0.2) is 0 Å². The first kappa shape index (κ1) is 14.4. The maximum atomic E-state index is 5.81. The van der Waals surface area contributed by atoms with Gasteiger partial charge in [-0.05, 0) is 18.0 Å². The molecule has 0 spiro atoms. The van der Waals surface area contributed by atoms with Crippen LogP contribution in [0.25, 0.3) is 0 Å². The van der Waals surface area contributed by atoms with Gasteiger partial charge >= 0.3 is 0 Å². The van der Waals surface area contributed by atoms with Crippen molar-refractivity contribution in [2.45, 2.75) is 6.42 Å². The van der Waals surface area contributed by atoms with Gasteiger partial charge < -0.3 is 14.2 Å². The fourth-order valence-electron chi connectivity index (χ4n) is 1.04. The summed E-state index contributed by atoms with van der Waals surface area (Å²) in [6.45, 7) is 2.14. The quantitative estimate of drug-likeness (QED) is 0.540. The summed E-state index contributed by atoms with van der Waals surface area (Å²) in [7, 11) is 1.66. The van der Waals surface area contributed by atoms with Crippen molar-refractivity contribution in [3.63, 3.8) is 0 Å². The minimum absolute atomic E-state index is 0.102. The molecule has 1 heterocycles. The third kappa shape index (κ3) is 6.02. The molecular weight excluding hydrogens is 267 g/mol. The molecule has 0 aromatic carbocycles. The molecule has 0 saturated carbocycles. The molecule has 1 aromatic rings. The van der Waals surface area contributed by atoms with Crippen LogP contribution in [0.15, 0.2) is 6.20 Å². The molecule has 0 aliphatic rings. The van der Waals surface area contributed by atoms with Crippen molar-refractivity contribution in [2.75, 3.05) is 33.5 Å². The van der Waals surface area contributed by atoms with Crippen LogP contribution in [0.3, 0.4) is 0 Å². The van der Waals surface area contributed by atoms with Crippen molar-refractivity contribution in [1.29, 1.82) is 0 Å². The predicted octanol–water partition coefficient (Wildman–Crippen LogP) is 2.22. The molecule has 0 aliphatic carbocycles. The molecule has 17 heavy (non-hydrogen) atoms. The molecule has 1 aromatic heterocycles. The standard InChI is InChI=1S/C10H14Cl2N2O3/c1-15-3-2-4-16-5-6-17-9-8(11)7-13-10(12)14-9/h7H,2-6H2,1H3. The van der Waals surface area contributed by atoms with Gasteiger partial charge in [-0.1, -0.05) is 11.6 Å². The van der Waals surface area contributed by atoms with Gasteiger partial charge in [-0.15, -0.1) is 0 Å². The molecule has 0 bridgehead atoms. The third-order valence-corrected chi connectivity index (χ3v) is 2.23. The molecule has 96 valence electrons. The second-order valence-electron chi connectivity index (χ2n) is 3.10. The second kappa shape index (κ2) is 8.47. The molecule has 0 amide bonds. The van der Waals surface area contributed by atoms with Crippen molar-refractivity contribution in [3.8, 4) is 5.88 Å². The van der Waals surface area contributed by atoms with E-state index in [0.717, 1.165) is 6.42 Å². The van der Waals surface area contributed by atoms with E-state index in [9.17, 15) is 0 Å². The van der Waals surface area contributed by atoms with E-state index >= 15 is 0 Å². The number of methoxy groups -OCH3 is 1. The van der Waals surface area contributed by atoms with E-state index in [0.29, 0.717) is 31.5 Å². The van der Waals surface area contributed by atoms with Gasteiger partial charge in [0.1, 0.15) is 11.6 Å². The fourth-order valence-corrected chi connectivity index (χ4v) is 1.31. The Labute approximate surface area is 110 Å². The molecule has 0 saturated heterocycles. The molecule has 0 N–H and O–H groups in total. The number of halogens is 2. The van der Waals surface area contributed by atoms with Crippen molar-refractivity contribution < 1.29 is 14.2 Å². The molecule has 0 aliphatic heterocycles. The van der Waals surface area contributed by atoms with Crippen LogP contribution >= 0.6 is 23.2 Å². The zero-order chi connectivity index (χ0) is 12.5. The Bertz CT molecular complexity index is 339. The van der Waals surface area contributed by atoms with Crippen LogP contribution in [0.5, 0.6) is 5.88 Å². The van der Waals surface area contributed by atoms with Gasteiger partial charge in [0.25, 0.3) is 0 Å². The summed E-state index contributed by atoms with van der Waals surface area (Å²) in [6.07, 6.45) is 2.25. The summed E-state index contributed by atoms with van der Waals surface area (Å²) in [5.41, 5.74) is 0. The Hall–Kier alpha value is -0.620. The minimum atomic E-state index is 0.102. The van der Waals surface area contributed by atoms with Gasteiger partial charge in [0, 0.05) is 20.3 Å². The average molecular weight is 281 g/mol. The lowest BCUT2D eigenvalue weighted by Gasteiger charge is -2.07. The minimum Gasteiger partial charge on any atom is -0.474 e. The highest BCUT2D eigenvalue weighted by atomic mass is 35.5. The number of aromatic nitrogens is 2. The van der Waals surface area contributed by atoms with Crippen LogP contribution in [0.1, 0.15) is 6.42 Å². The first-order valence-electron chi connectivity index (χ1n) is 5.11.